The Hall–Kier alpha value is -3.21. The second-order valence-electron chi connectivity index (χ2n) is 7.39. The van der Waals surface area contributed by atoms with Crippen LogP contribution in [0.4, 0.5) is 0 Å². The average molecular weight is 390 g/mol. The summed E-state index contributed by atoms with van der Waals surface area (Å²) >= 11 is 0. The van der Waals surface area contributed by atoms with Gasteiger partial charge in [-0.05, 0) is 57.4 Å². The van der Waals surface area contributed by atoms with Crippen LogP contribution in [0.5, 0.6) is 0 Å². The smallest absolute Gasteiger partial charge is 0.340 e. The minimum atomic E-state index is -0.537. The van der Waals surface area contributed by atoms with Gasteiger partial charge in [0.05, 0.1) is 16.8 Å². The molecule has 1 heterocycles. The van der Waals surface area contributed by atoms with Crippen molar-refractivity contribution in [1.29, 1.82) is 0 Å². The topological polar surface area (TPSA) is 68.3 Å². The number of esters is 1. The highest BCUT2D eigenvalue weighted by molar-refractivity contribution is 5.96. The zero-order valence-electron chi connectivity index (χ0n) is 17.1. The van der Waals surface area contributed by atoms with E-state index in [1.54, 1.807) is 13.0 Å². The molecule has 0 radical (unpaired) electrons. The third-order valence-electron chi connectivity index (χ3n) is 4.83. The number of carbonyl (C=O) groups is 2. The molecule has 0 bridgehead atoms. The standard InChI is InChI=1S/C24H26N2O3/c1-16-9-12-22-20(13-16)14-21(18(3)26-22)24(28)29-15-23(27)25-17(2)10-11-19-7-5-4-6-8-19/h4-9,12-14,17H,10-11,15H2,1-3H3,(H,25,27). The molecule has 0 saturated carbocycles. The van der Waals surface area contributed by atoms with E-state index < -0.39 is 5.97 Å². The Morgan fingerprint density at radius 1 is 1.07 bits per heavy atom. The van der Waals surface area contributed by atoms with E-state index in [0.717, 1.165) is 29.3 Å². The van der Waals surface area contributed by atoms with Crippen molar-refractivity contribution < 1.29 is 14.3 Å². The molecule has 2 aromatic carbocycles. The van der Waals surface area contributed by atoms with E-state index in [1.165, 1.54) is 5.56 Å². The van der Waals surface area contributed by atoms with E-state index in [0.29, 0.717) is 11.3 Å². The molecule has 3 rings (SSSR count). The summed E-state index contributed by atoms with van der Waals surface area (Å²) in [5.74, 6) is -0.841. The van der Waals surface area contributed by atoms with Crippen LogP contribution in [0, 0.1) is 13.8 Å². The van der Waals surface area contributed by atoms with Gasteiger partial charge >= 0.3 is 5.97 Å². The number of hydrogen-bond acceptors (Lipinski definition) is 4. The van der Waals surface area contributed by atoms with Crippen LogP contribution in [0.2, 0.25) is 0 Å². The first-order chi connectivity index (χ1) is 13.9. The molecule has 3 aromatic rings. The minimum Gasteiger partial charge on any atom is -0.452 e. The average Bonchev–Trinajstić information content (AvgIpc) is 2.71. The molecule has 1 amide bonds. The number of ether oxygens (including phenoxy) is 1. The van der Waals surface area contributed by atoms with Gasteiger partial charge in [0.2, 0.25) is 0 Å². The summed E-state index contributed by atoms with van der Waals surface area (Å²) in [7, 11) is 0. The first kappa shape index (κ1) is 20.5. The lowest BCUT2D eigenvalue weighted by Gasteiger charge is -2.14. The summed E-state index contributed by atoms with van der Waals surface area (Å²) in [6, 6.07) is 17.8. The predicted octanol–water partition coefficient (Wildman–Crippen LogP) is 4.15. The van der Waals surface area contributed by atoms with Crippen LogP contribution in [0.3, 0.4) is 0 Å². The van der Waals surface area contributed by atoms with E-state index in [1.807, 2.05) is 50.2 Å². The third kappa shape index (κ3) is 5.64. The molecule has 1 aromatic heterocycles. The van der Waals surface area contributed by atoms with Crippen molar-refractivity contribution in [3.63, 3.8) is 0 Å². The zero-order chi connectivity index (χ0) is 20.8. The number of carbonyl (C=O) groups excluding carboxylic acids is 2. The molecular formula is C24H26N2O3. The van der Waals surface area contributed by atoms with Crippen LogP contribution in [0.25, 0.3) is 10.9 Å². The third-order valence-corrected chi connectivity index (χ3v) is 4.83. The van der Waals surface area contributed by atoms with Crippen molar-refractivity contribution in [3.8, 4) is 0 Å². The number of hydrogen-bond donors (Lipinski definition) is 1. The van der Waals surface area contributed by atoms with Gasteiger partial charge in [0.1, 0.15) is 0 Å². The van der Waals surface area contributed by atoms with Gasteiger partial charge in [-0.15, -0.1) is 0 Å². The van der Waals surface area contributed by atoms with Crippen molar-refractivity contribution in [1.82, 2.24) is 10.3 Å². The largest absolute Gasteiger partial charge is 0.452 e. The monoisotopic (exact) mass is 390 g/mol. The number of benzene rings is 2. The number of nitrogens with zero attached hydrogens (tertiary/aromatic N) is 1. The lowest BCUT2D eigenvalue weighted by Crippen LogP contribution is -2.36. The van der Waals surface area contributed by atoms with Crippen LogP contribution in [-0.4, -0.2) is 29.5 Å². The highest BCUT2D eigenvalue weighted by atomic mass is 16.5. The summed E-state index contributed by atoms with van der Waals surface area (Å²) < 4.78 is 5.22. The number of rotatable bonds is 7. The lowest BCUT2D eigenvalue weighted by molar-refractivity contribution is -0.124. The predicted molar refractivity (Wildman–Crippen MR) is 114 cm³/mol. The second-order valence-corrected chi connectivity index (χ2v) is 7.39. The highest BCUT2D eigenvalue weighted by Gasteiger charge is 2.16. The summed E-state index contributed by atoms with van der Waals surface area (Å²) in [4.78, 5) is 29.1. The van der Waals surface area contributed by atoms with E-state index >= 15 is 0 Å². The van der Waals surface area contributed by atoms with E-state index in [4.69, 9.17) is 4.74 Å². The van der Waals surface area contributed by atoms with E-state index in [9.17, 15) is 9.59 Å². The molecule has 0 saturated heterocycles. The Kier molecular flexibility index (Phi) is 6.60. The van der Waals surface area contributed by atoms with E-state index in [-0.39, 0.29) is 18.6 Å². The van der Waals surface area contributed by atoms with Crippen molar-refractivity contribution in [2.45, 2.75) is 39.7 Å². The van der Waals surface area contributed by atoms with Crippen LogP contribution in [-0.2, 0) is 16.0 Å². The molecule has 29 heavy (non-hydrogen) atoms. The van der Waals surface area contributed by atoms with Crippen LogP contribution in [0.1, 0.15) is 40.5 Å². The molecule has 0 spiro atoms. The van der Waals surface area contributed by atoms with Crippen molar-refractivity contribution in [2.75, 3.05) is 6.61 Å². The second kappa shape index (κ2) is 9.32. The maximum Gasteiger partial charge on any atom is 0.340 e. The molecule has 5 nitrogen and oxygen atoms in total. The molecule has 0 fully saturated rings. The Morgan fingerprint density at radius 3 is 2.59 bits per heavy atom. The maximum atomic E-state index is 12.5. The molecule has 1 atom stereocenters. The van der Waals surface area contributed by atoms with Gasteiger partial charge < -0.3 is 10.1 Å². The Labute approximate surface area is 171 Å². The van der Waals surface area contributed by atoms with Crippen molar-refractivity contribution >= 4 is 22.8 Å². The fourth-order valence-electron chi connectivity index (χ4n) is 3.22. The Morgan fingerprint density at radius 2 is 1.83 bits per heavy atom. The summed E-state index contributed by atoms with van der Waals surface area (Å²) in [5, 5.41) is 3.75. The summed E-state index contributed by atoms with van der Waals surface area (Å²) in [6.07, 6.45) is 1.69. The molecule has 150 valence electrons. The summed E-state index contributed by atoms with van der Waals surface area (Å²) in [6.45, 7) is 5.39. The lowest BCUT2D eigenvalue weighted by atomic mass is 10.1. The molecule has 1 N–H and O–H groups in total. The van der Waals surface area contributed by atoms with Gasteiger partial charge in [0.25, 0.3) is 5.91 Å². The van der Waals surface area contributed by atoms with E-state index in [2.05, 4.69) is 22.4 Å². The number of pyridine rings is 1. The molecule has 0 aliphatic heterocycles. The highest BCUT2D eigenvalue weighted by Crippen LogP contribution is 2.18. The van der Waals surface area contributed by atoms with Gasteiger partial charge in [-0.2, -0.15) is 0 Å². The normalized spacial score (nSPS) is 11.8. The van der Waals surface area contributed by atoms with Crippen LogP contribution in [0.15, 0.2) is 54.6 Å². The quantitative estimate of drug-likeness (QED) is 0.616. The van der Waals surface area contributed by atoms with Gasteiger partial charge in [-0.25, -0.2) is 4.79 Å². The number of nitrogens with one attached hydrogen (secondary N) is 1. The van der Waals surface area contributed by atoms with Gasteiger partial charge in [0.15, 0.2) is 6.61 Å². The fourth-order valence-corrected chi connectivity index (χ4v) is 3.22. The molecule has 0 aliphatic carbocycles. The Balaban J connectivity index is 1.52. The number of aromatic nitrogens is 1. The van der Waals surface area contributed by atoms with Gasteiger partial charge in [0, 0.05) is 11.4 Å². The first-order valence-electron chi connectivity index (χ1n) is 9.81. The molecular weight excluding hydrogens is 364 g/mol. The van der Waals surface area contributed by atoms with Crippen LogP contribution < -0.4 is 5.32 Å². The molecule has 1 unspecified atom stereocenters. The zero-order valence-corrected chi connectivity index (χ0v) is 17.1. The Bertz CT molecular complexity index is 1020. The van der Waals surface area contributed by atoms with Gasteiger partial charge in [-0.3, -0.25) is 9.78 Å². The van der Waals surface area contributed by atoms with Crippen molar-refractivity contribution in [3.05, 3.63) is 77.0 Å². The fraction of sp³-hybridized carbons (Fsp3) is 0.292. The SMILES string of the molecule is Cc1ccc2nc(C)c(C(=O)OCC(=O)NC(C)CCc3ccccc3)cc2c1. The summed E-state index contributed by atoms with van der Waals surface area (Å²) in [5.41, 5.74) is 4.12. The van der Waals surface area contributed by atoms with Crippen LogP contribution >= 0.6 is 0 Å². The first-order valence-corrected chi connectivity index (χ1v) is 9.81. The van der Waals surface area contributed by atoms with Gasteiger partial charge in [-0.1, -0.05) is 42.0 Å². The number of fused-ring (bicyclic) bond motifs is 1. The van der Waals surface area contributed by atoms with Crippen molar-refractivity contribution in [2.24, 2.45) is 0 Å². The molecule has 0 aliphatic rings. The maximum absolute atomic E-state index is 12.5. The molecule has 5 heteroatoms. The minimum absolute atomic E-state index is 0.00606. The number of aryl methyl sites for hydroxylation is 3. The number of amides is 1.